The van der Waals surface area contributed by atoms with Crippen molar-refractivity contribution in [2.75, 3.05) is 55.7 Å². The summed E-state index contributed by atoms with van der Waals surface area (Å²) >= 11 is 7.83. The summed E-state index contributed by atoms with van der Waals surface area (Å²) in [5.41, 5.74) is 2.24. The van der Waals surface area contributed by atoms with Crippen LogP contribution in [-0.2, 0) is 15.3 Å². The third-order valence-corrected chi connectivity index (χ3v) is 8.47. The van der Waals surface area contributed by atoms with Crippen molar-refractivity contribution in [3.8, 4) is 0 Å². The van der Waals surface area contributed by atoms with Gasteiger partial charge in [-0.1, -0.05) is 47.6 Å². The quantitative estimate of drug-likeness (QED) is 0.150. The predicted octanol–water partition coefficient (Wildman–Crippen LogP) is 5.30. The smallest absolute Gasteiger partial charge is 0.310 e. The van der Waals surface area contributed by atoms with Crippen molar-refractivity contribution in [1.29, 1.82) is 0 Å². The first-order valence-corrected chi connectivity index (χ1v) is 15.2. The number of halogens is 2. The average molecular weight is 598 g/mol. The van der Waals surface area contributed by atoms with Gasteiger partial charge in [0, 0.05) is 56.7 Å². The Morgan fingerprint density at radius 2 is 1.76 bits per heavy atom. The minimum atomic E-state index is -0.262. The van der Waals surface area contributed by atoms with Crippen molar-refractivity contribution < 1.29 is 18.7 Å². The molecule has 0 spiro atoms. The molecule has 0 aliphatic carbocycles. The Hall–Kier alpha value is -3.37. The van der Waals surface area contributed by atoms with Gasteiger partial charge < -0.3 is 19.4 Å². The summed E-state index contributed by atoms with van der Waals surface area (Å²) in [5, 5.41) is 0.945. The molecule has 1 amide bonds. The Labute approximate surface area is 248 Å². The number of ether oxygens (including phenoxy) is 1. The molecule has 1 unspecified atom stereocenters. The number of piperidine rings is 1. The Balaban J connectivity index is 1.16. The minimum Gasteiger partial charge on any atom is -0.466 e. The molecular formula is C30H33ClFN5O3S. The maximum absolute atomic E-state index is 14.2. The highest BCUT2D eigenvalue weighted by molar-refractivity contribution is 7.98. The van der Waals surface area contributed by atoms with Gasteiger partial charge in [0.15, 0.2) is 5.16 Å². The fourth-order valence-corrected chi connectivity index (χ4v) is 6.22. The molecule has 2 aliphatic rings. The lowest BCUT2D eigenvalue weighted by Crippen LogP contribution is -2.47. The first kappa shape index (κ1) is 29.1. The van der Waals surface area contributed by atoms with Gasteiger partial charge in [-0.25, -0.2) is 14.4 Å². The molecule has 3 heterocycles. The summed E-state index contributed by atoms with van der Waals surface area (Å²) in [6.07, 6.45) is 1.53. The number of anilines is 2. The number of benzene rings is 2. The van der Waals surface area contributed by atoms with Gasteiger partial charge in [-0.15, -0.1) is 0 Å². The van der Waals surface area contributed by atoms with Crippen LogP contribution in [0, 0.1) is 11.7 Å². The predicted molar refractivity (Wildman–Crippen MR) is 159 cm³/mol. The summed E-state index contributed by atoms with van der Waals surface area (Å²) in [4.78, 5) is 40.3. The van der Waals surface area contributed by atoms with Crippen LogP contribution in [0.25, 0.3) is 0 Å². The second kappa shape index (κ2) is 13.5. The molecule has 1 atom stereocenters. The highest BCUT2D eigenvalue weighted by Crippen LogP contribution is 2.27. The van der Waals surface area contributed by atoms with E-state index in [4.69, 9.17) is 21.3 Å². The van der Waals surface area contributed by atoms with Gasteiger partial charge in [0.05, 0.1) is 18.2 Å². The van der Waals surface area contributed by atoms with E-state index in [0.29, 0.717) is 73.2 Å². The number of amides is 1. The minimum absolute atomic E-state index is 0.0730. The highest BCUT2D eigenvalue weighted by atomic mass is 35.5. The van der Waals surface area contributed by atoms with Crippen LogP contribution in [0.4, 0.5) is 15.9 Å². The van der Waals surface area contributed by atoms with Crippen molar-refractivity contribution >= 4 is 46.7 Å². The van der Waals surface area contributed by atoms with Crippen molar-refractivity contribution in [2.24, 2.45) is 5.92 Å². The summed E-state index contributed by atoms with van der Waals surface area (Å²) in [7, 11) is 0. The zero-order valence-corrected chi connectivity index (χ0v) is 24.5. The number of thioether (sulfide) groups is 1. The molecular weight excluding hydrogens is 565 g/mol. The second-order valence-corrected chi connectivity index (χ2v) is 11.4. The second-order valence-electron chi connectivity index (χ2n) is 10.1. The molecule has 0 N–H and O–H groups in total. The average Bonchev–Trinajstić information content (AvgIpc) is 3.00. The van der Waals surface area contributed by atoms with E-state index in [1.165, 1.54) is 17.8 Å². The van der Waals surface area contributed by atoms with Crippen LogP contribution in [0.3, 0.4) is 0 Å². The topological polar surface area (TPSA) is 78.9 Å². The Morgan fingerprint density at radius 3 is 2.49 bits per heavy atom. The van der Waals surface area contributed by atoms with Crippen LogP contribution in [0.2, 0.25) is 5.15 Å². The SMILES string of the molecule is CCOC(=O)C1CCCN(C(=O)c2ccc(CSc3nc(Cl)cc(N4CCN(c5ccccc5F)CC4)n3)cc2)C1. The van der Waals surface area contributed by atoms with Crippen LogP contribution >= 0.6 is 23.4 Å². The van der Waals surface area contributed by atoms with Gasteiger partial charge in [0.1, 0.15) is 16.8 Å². The van der Waals surface area contributed by atoms with Gasteiger partial charge in [0.25, 0.3) is 5.91 Å². The summed E-state index contributed by atoms with van der Waals surface area (Å²) in [5.74, 6) is 0.594. The largest absolute Gasteiger partial charge is 0.466 e. The number of hydrogen-bond acceptors (Lipinski definition) is 8. The van der Waals surface area contributed by atoms with E-state index in [9.17, 15) is 14.0 Å². The molecule has 2 aromatic carbocycles. The first-order chi connectivity index (χ1) is 19.9. The number of esters is 1. The van der Waals surface area contributed by atoms with Crippen LogP contribution in [0.15, 0.2) is 59.8 Å². The lowest BCUT2D eigenvalue weighted by Gasteiger charge is -2.36. The molecule has 8 nitrogen and oxygen atoms in total. The summed E-state index contributed by atoms with van der Waals surface area (Å²) < 4.78 is 19.4. The van der Waals surface area contributed by atoms with Crippen LogP contribution in [0.1, 0.15) is 35.7 Å². The van der Waals surface area contributed by atoms with Crippen LogP contribution < -0.4 is 9.80 Å². The molecule has 41 heavy (non-hydrogen) atoms. The normalized spacial score (nSPS) is 17.4. The molecule has 0 bridgehead atoms. The Kier molecular flexibility index (Phi) is 9.61. The molecule has 2 aliphatic heterocycles. The van der Waals surface area contributed by atoms with Crippen molar-refractivity contribution in [3.63, 3.8) is 0 Å². The van der Waals surface area contributed by atoms with E-state index in [0.717, 1.165) is 24.2 Å². The molecule has 5 rings (SSSR count). The molecule has 0 saturated carbocycles. The first-order valence-electron chi connectivity index (χ1n) is 13.9. The number of nitrogens with zero attached hydrogens (tertiary/aromatic N) is 5. The number of rotatable bonds is 8. The standard InChI is InChI=1S/C30H33ClFN5O3S/c1-2-40-29(39)23-6-5-13-37(19-23)28(38)22-11-9-21(10-12-22)20-41-30-33-26(31)18-27(34-30)36-16-14-35(15-17-36)25-8-4-3-7-24(25)32/h3-4,7-12,18,23H,2,5-6,13-17,19-20H2,1H3. The third kappa shape index (κ3) is 7.29. The fraction of sp³-hybridized carbons (Fsp3) is 0.400. The fourth-order valence-electron chi connectivity index (χ4n) is 5.18. The number of para-hydroxylation sites is 1. The number of likely N-dealkylation sites (tertiary alicyclic amines) is 1. The van der Waals surface area contributed by atoms with Gasteiger partial charge >= 0.3 is 5.97 Å². The molecule has 1 aromatic heterocycles. The van der Waals surface area contributed by atoms with Gasteiger partial charge in [-0.05, 0) is 49.6 Å². The van der Waals surface area contributed by atoms with E-state index in [1.807, 2.05) is 35.2 Å². The van der Waals surface area contributed by atoms with Crippen molar-refractivity contribution in [3.05, 3.63) is 76.7 Å². The van der Waals surface area contributed by atoms with E-state index in [-0.39, 0.29) is 23.6 Å². The monoisotopic (exact) mass is 597 g/mol. The number of hydrogen-bond donors (Lipinski definition) is 0. The van der Waals surface area contributed by atoms with Gasteiger partial charge in [-0.3, -0.25) is 9.59 Å². The Morgan fingerprint density at radius 1 is 1.02 bits per heavy atom. The highest BCUT2D eigenvalue weighted by Gasteiger charge is 2.30. The maximum atomic E-state index is 14.2. The van der Waals surface area contributed by atoms with Gasteiger partial charge in [-0.2, -0.15) is 0 Å². The molecule has 3 aromatic rings. The van der Waals surface area contributed by atoms with E-state index >= 15 is 0 Å². The van der Waals surface area contributed by atoms with Crippen LogP contribution in [-0.4, -0.2) is 72.6 Å². The van der Waals surface area contributed by atoms with E-state index in [1.54, 1.807) is 30.0 Å². The van der Waals surface area contributed by atoms with Crippen molar-refractivity contribution in [1.82, 2.24) is 14.9 Å². The number of aromatic nitrogens is 2. The number of piperazine rings is 1. The number of carbonyl (C=O) groups excluding carboxylic acids is 2. The maximum Gasteiger partial charge on any atom is 0.310 e. The Bertz CT molecular complexity index is 1370. The molecule has 216 valence electrons. The molecule has 11 heteroatoms. The van der Waals surface area contributed by atoms with Crippen molar-refractivity contribution in [2.45, 2.75) is 30.7 Å². The lowest BCUT2D eigenvalue weighted by molar-refractivity contribution is -0.149. The number of carbonyl (C=O) groups is 2. The lowest BCUT2D eigenvalue weighted by atomic mass is 9.97. The molecule has 2 saturated heterocycles. The third-order valence-electron chi connectivity index (χ3n) is 7.36. The molecule has 0 radical (unpaired) electrons. The summed E-state index contributed by atoms with van der Waals surface area (Å²) in [6, 6.07) is 16.1. The zero-order chi connectivity index (χ0) is 28.8. The van der Waals surface area contributed by atoms with Crippen LogP contribution in [0.5, 0.6) is 0 Å². The van der Waals surface area contributed by atoms with E-state index < -0.39 is 0 Å². The zero-order valence-electron chi connectivity index (χ0n) is 23.0. The molecule has 2 fully saturated rings. The van der Waals surface area contributed by atoms with Gasteiger partial charge in [0.2, 0.25) is 0 Å². The summed E-state index contributed by atoms with van der Waals surface area (Å²) in [6.45, 7) is 5.91. The van der Waals surface area contributed by atoms with E-state index in [2.05, 4.69) is 9.88 Å².